The number of carbonyl (C=O) groups is 3. The molecule has 1 saturated heterocycles. The van der Waals surface area contributed by atoms with Crippen LogP contribution < -0.4 is 10.2 Å². The number of amides is 4. The molecule has 0 unspecified atom stereocenters. The molecule has 2 aromatic carbocycles. The number of hydrogen-bond donors (Lipinski definition) is 1. The molecule has 144 valence electrons. The van der Waals surface area contributed by atoms with E-state index in [-0.39, 0.29) is 17.0 Å². The smallest absolute Gasteiger partial charge is 0.335 e. The molecule has 0 atom stereocenters. The Bertz CT molecular complexity index is 1180. The highest BCUT2D eigenvalue weighted by molar-refractivity contribution is 6.39. The van der Waals surface area contributed by atoms with Crippen molar-refractivity contribution in [1.29, 1.82) is 0 Å². The summed E-state index contributed by atoms with van der Waals surface area (Å²) in [7, 11) is 0. The lowest BCUT2D eigenvalue weighted by Gasteiger charge is -2.26. The molecule has 0 spiro atoms. The third-order valence-corrected chi connectivity index (χ3v) is 4.43. The normalized spacial score (nSPS) is 15.7. The van der Waals surface area contributed by atoms with Gasteiger partial charge < -0.3 is 4.42 Å². The second kappa shape index (κ2) is 7.37. The van der Waals surface area contributed by atoms with Gasteiger partial charge >= 0.3 is 6.03 Å². The summed E-state index contributed by atoms with van der Waals surface area (Å²) in [5.74, 6) is -1.52. The minimum atomic E-state index is -0.876. The summed E-state index contributed by atoms with van der Waals surface area (Å²) in [6.07, 6.45) is 1.23. The molecule has 1 aliphatic heterocycles. The standard InChI is InChI=1S/C21H12ClFN2O4/c22-13-4-2-6-15(10-13)25-20(27)17(19(26)24-21(25)28)11-16-7-8-18(29-16)12-3-1-5-14(23)9-12/h1-11H,(H,24,26,28)/b17-11+. The Morgan fingerprint density at radius 1 is 1.00 bits per heavy atom. The number of furan rings is 1. The Labute approximate surface area is 169 Å². The number of rotatable bonds is 3. The van der Waals surface area contributed by atoms with Gasteiger partial charge in [-0.25, -0.2) is 14.1 Å². The fourth-order valence-corrected chi connectivity index (χ4v) is 3.06. The van der Waals surface area contributed by atoms with Gasteiger partial charge in [-0.2, -0.15) is 0 Å². The molecule has 6 nitrogen and oxygen atoms in total. The molecule has 1 fully saturated rings. The topological polar surface area (TPSA) is 79.6 Å². The van der Waals surface area contributed by atoms with E-state index in [1.807, 2.05) is 0 Å². The lowest BCUT2D eigenvalue weighted by Crippen LogP contribution is -2.54. The summed E-state index contributed by atoms with van der Waals surface area (Å²) in [6, 6.07) is 14.2. The predicted molar refractivity (Wildman–Crippen MR) is 105 cm³/mol. The fourth-order valence-electron chi connectivity index (χ4n) is 2.88. The number of nitrogens with zero attached hydrogens (tertiary/aromatic N) is 1. The van der Waals surface area contributed by atoms with E-state index in [9.17, 15) is 18.8 Å². The lowest BCUT2D eigenvalue weighted by molar-refractivity contribution is -0.122. The first-order chi connectivity index (χ1) is 13.9. The van der Waals surface area contributed by atoms with E-state index in [0.717, 1.165) is 4.90 Å². The number of barbiturate groups is 1. The van der Waals surface area contributed by atoms with Crippen molar-refractivity contribution in [3.05, 3.63) is 82.8 Å². The zero-order valence-electron chi connectivity index (χ0n) is 14.7. The fraction of sp³-hybridized carbons (Fsp3) is 0. The quantitative estimate of drug-likeness (QED) is 0.512. The molecule has 0 saturated carbocycles. The van der Waals surface area contributed by atoms with Crippen molar-refractivity contribution in [2.24, 2.45) is 0 Å². The van der Waals surface area contributed by atoms with Crippen molar-refractivity contribution in [2.45, 2.75) is 0 Å². The maximum atomic E-state index is 13.4. The third kappa shape index (κ3) is 3.68. The number of urea groups is 1. The van der Waals surface area contributed by atoms with Crippen LogP contribution in [0.1, 0.15) is 5.76 Å². The first-order valence-electron chi connectivity index (χ1n) is 8.45. The van der Waals surface area contributed by atoms with E-state index >= 15 is 0 Å². The summed E-state index contributed by atoms with van der Waals surface area (Å²) < 4.78 is 19.0. The Morgan fingerprint density at radius 3 is 2.55 bits per heavy atom. The Hall–Kier alpha value is -3.71. The molecule has 1 N–H and O–H groups in total. The molecule has 8 heteroatoms. The van der Waals surface area contributed by atoms with Crippen molar-refractivity contribution in [3.8, 4) is 11.3 Å². The van der Waals surface area contributed by atoms with Gasteiger partial charge in [-0.05, 0) is 48.5 Å². The molecule has 0 bridgehead atoms. The summed E-state index contributed by atoms with van der Waals surface area (Å²) in [6.45, 7) is 0. The SMILES string of the molecule is O=C1NC(=O)N(c2cccc(Cl)c2)C(=O)/C1=C/c1ccc(-c2cccc(F)c2)o1. The van der Waals surface area contributed by atoms with Crippen LogP contribution in [0.15, 0.2) is 70.7 Å². The predicted octanol–water partition coefficient (Wildman–Crippen LogP) is 4.41. The Morgan fingerprint density at radius 2 is 1.79 bits per heavy atom. The van der Waals surface area contributed by atoms with Crippen LogP contribution >= 0.6 is 11.6 Å². The third-order valence-electron chi connectivity index (χ3n) is 4.19. The summed E-state index contributed by atoms with van der Waals surface area (Å²) >= 11 is 5.93. The van der Waals surface area contributed by atoms with Crippen LogP contribution in [0.25, 0.3) is 17.4 Å². The number of nitrogens with one attached hydrogen (secondary N) is 1. The van der Waals surface area contributed by atoms with Crippen LogP contribution in [0, 0.1) is 5.82 Å². The largest absolute Gasteiger partial charge is 0.457 e. The molecule has 1 aliphatic rings. The molecule has 3 aromatic rings. The zero-order chi connectivity index (χ0) is 20.5. The first kappa shape index (κ1) is 18.6. The van der Waals surface area contributed by atoms with Gasteiger partial charge in [-0.15, -0.1) is 0 Å². The molecule has 4 rings (SSSR count). The van der Waals surface area contributed by atoms with Crippen molar-refractivity contribution >= 4 is 41.2 Å². The Balaban J connectivity index is 1.68. The van der Waals surface area contributed by atoms with E-state index in [2.05, 4.69) is 5.32 Å². The van der Waals surface area contributed by atoms with Gasteiger partial charge in [0, 0.05) is 10.6 Å². The Kier molecular flexibility index (Phi) is 4.74. The second-order valence-electron chi connectivity index (χ2n) is 6.15. The minimum Gasteiger partial charge on any atom is -0.457 e. The highest BCUT2D eigenvalue weighted by Gasteiger charge is 2.37. The molecule has 4 amide bonds. The minimum absolute atomic E-state index is 0.197. The van der Waals surface area contributed by atoms with Crippen LogP contribution in [0.2, 0.25) is 5.02 Å². The van der Waals surface area contributed by atoms with Crippen LogP contribution in [0.5, 0.6) is 0 Å². The number of halogens is 2. The van der Waals surface area contributed by atoms with E-state index in [4.69, 9.17) is 16.0 Å². The summed E-state index contributed by atoms with van der Waals surface area (Å²) in [4.78, 5) is 38.1. The maximum Gasteiger partial charge on any atom is 0.335 e. The van der Waals surface area contributed by atoms with Gasteiger partial charge in [0.2, 0.25) is 0 Å². The van der Waals surface area contributed by atoms with Gasteiger partial charge in [0.05, 0.1) is 5.69 Å². The monoisotopic (exact) mass is 410 g/mol. The van der Waals surface area contributed by atoms with E-state index in [1.54, 1.807) is 24.3 Å². The molecule has 0 radical (unpaired) electrons. The lowest BCUT2D eigenvalue weighted by atomic mass is 10.1. The molecule has 2 heterocycles. The summed E-state index contributed by atoms with van der Waals surface area (Å²) in [5.41, 5.74) is 0.438. The van der Waals surface area contributed by atoms with Crippen LogP contribution in [0.4, 0.5) is 14.9 Å². The highest BCUT2D eigenvalue weighted by Crippen LogP contribution is 2.27. The number of imide groups is 2. The number of hydrogen-bond acceptors (Lipinski definition) is 4. The average Bonchev–Trinajstić information content (AvgIpc) is 3.14. The zero-order valence-corrected chi connectivity index (χ0v) is 15.4. The van der Waals surface area contributed by atoms with E-state index < -0.39 is 23.7 Å². The van der Waals surface area contributed by atoms with Crippen LogP contribution in [0.3, 0.4) is 0 Å². The molecular weight excluding hydrogens is 399 g/mol. The van der Waals surface area contributed by atoms with Gasteiger partial charge in [-0.1, -0.05) is 29.8 Å². The maximum absolute atomic E-state index is 13.4. The van der Waals surface area contributed by atoms with E-state index in [0.29, 0.717) is 16.3 Å². The van der Waals surface area contributed by atoms with Crippen molar-refractivity contribution in [2.75, 3.05) is 4.90 Å². The molecular formula is C21H12ClFN2O4. The molecule has 0 aliphatic carbocycles. The van der Waals surface area contributed by atoms with Crippen LogP contribution in [-0.2, 0) is 9.59 Å². The van der Waals surface area contributed by atoms with Crippen LogP contribution in [-0.4, -0.2) is 17.8 Å². The first-order valence-corrected chi connectivity index (χ1v) is 8.83. The van der Waals surface area contributed by atoms with Gasteiger partial charge in [0.25, 0.3) is 11.8 Å². The second-order valence-corrected chi connectivity index (χ2v) is 6.59. The molecule has 1 aromatic heterocycles. The number of anilines is 1. The summed E-state index contributed by atoms with van der Waals surface area (Å²) in [5, 5.41) is 2.45. The van der Waals surface area contributed by atoms with Crippen molar-refractivity contribution < 1.29 is 23.2 Å². The van der Waals surface area contributed by atoms with E-state index in [1.165, 1.54) is 42.5 Å². The molecule has 29 heavy (non-hydrogen) atoms. The van der Waals surface area contributed by atoms with Gasteiger partial charge in [0.1, 0.15) is 22.9 Å². The highest BCUT2D eigenvalue weighted by atomic mass is 35.5. The van der Waals surface area contributed by atoms with Gasteiger partial charge in [0.15, 0.2) is 0 Å². The average molecular weight is 411 g/mol. The number of carbonyl (C=O) groups excluding carboxylic acids is 3. The van der Waals surface area contributed by atoms with Crippen molar-refractivity contribution in [1.82, 2.24) is 5.32 Å². The number of benzene rings is 2. The van der Waals surface area contributed by atoms with Crippen molar-refractivity contribution in [3.63, 3.8) is 0 Å². The van der Waals surface area contributed by atoms with Gasteiger partial charge in [-0.3, -0.25) is 14.9 Å².